The molecule has 3 nitrogen and oxygen atoms in total. The van der Waals surface area contributed by atoms with Crippen molar-refractivity contribution in [3.8, 4) is 0 Å². The summed E-state index contributed by atoms with van der Waals surface area (Å²) in [6, 6.07) is 3.72. The number of hydrogen-bond donors (Lipinski definition) is 1. The topological polar surface area (TPSA) is 46.5 Å². The van der Waals surface area contributed by atoms with Gasteiger partial charge in [0.1, 0.15) is 0 Å². The monoisotopic (exact) mass is 214 g/mol. The Kier molecular flexibility index (Phi) is 4.10. The minimum atomic E-state index is -0.916. The molecule has 14 heavy (non-hydrogen) atoms. The SMILES string of the molecule is CCCOC(C(=O)O)c1ccc(C)s1. The first-order chi connectivity index (χ1) is 6.65. The Labute approximate surface area is 87.3 Å². The van der Waals surface area contributed by atoms with Crippen LogP contribution in [-0.4, -0.2) is 17.7 Å². The number of thiophene rings is 1. The Balaban J connectivity index is 2.72. The predicted octanol–water partition coefficient (Wildman–Crippen LogP) is 2.61. The lowest BCUT2D eigenvalue weighted by Crippen LogP contribution is -2.14. The lowest BCUT2D eigenvalue weighted by atomic mass is 10.3. The predicted molar refractivity (Wildman–Crippen MR) is 55.7 cm³/mol. The van der Waals surface area contributed by atoms with Crippen molar-refractivity contribution in [1.82, 2.24) is 0 Å². The van der Waals surface area contributed by atoms with E-state index in [4.69, 9.17) is 9.84 Å². The van der Waals surface area contributed by atoms with Gasteiger partial charge in [-0.05, 0) is 25.5 Å². The largest absolute Gasteiger partial charge is 0.479 e. The maximum atomic E-state index is 10.9. The Hall–Kier alpha value is -0.870. The number of aryl methyl sites for hydroxylation is 1. The van der Waals surface area contributed by atoms with Gasteiger partial charge in [-0.25, -0.2) is 4.79 Å². The minimum absolute atomic E-state index is 0.480. The van der Waals surface area contributed by atoms with Crippen LogP contribution in [0, 0.1) is 6.92 Å². The third-order valence-corrected chi connectivity index (χ3v) is 2.78. The first-order valence-corrected chi connectivity index (χ1v) is 5.37. The van der Waals surface area contributed by atoms with Crippen molar-refractivity contribution >= 4 is 17.3 Å². The zero-order chi connectivity index (χ0) is 10.6. The fourth-order valence-corrected chi connectivity index (χ4v) is 2.03. The van der Waals surface area contributed by atoms with Crippen molar-refractivity contribution < 1.29 is 14.6 Å². The highest BCUT2D eigenvalue weighted by Gasteiger charge is 2.21. The van der Waals surface area contributed by atoms with Crippen molar-refractivity contribution in [3.05, 3.63) is 21.9 Å². The molecule has 0 radical (unpaired) electrons. The molecule has 0 amide bonds. The molecule has 78 valence electrons. The molecule has 1 aromatic rings. The molecule has 0 saturated carbocycles. The van der Waals surface area contributed by atoms with Gasteiger partial charge in [-0.15, -0.1) is 11.3 Å². The van der Waals surface area contributed by atoms with E-state index in [0.717, 1.165) is 16.2 Å². The molecule has 1 aromatic heterocycles. The van der Waals surface area contributed by atoms with Crippen LogP contribution in [0.3, 0.4) is 0 Å². The van der Waals surface area contributed by atoms with Crippen LogP contribution in [0.4, 0.5) is 0 Å². The standard InChI is InChI=1S/C10H14O3S/c1-3-6-13-9(10(11)12)8-5-4-7(2)14-8/h4-5,9H,3,6H2,1-2H3,(H,11,12). The molecular formula is C10H14O3S. The van der Waals surface area contributed by atoms with Crippen LogP contribution in [0.15, 0.2) is 12.1 Å². The van der Waals surface area contributed by atoms with Crippen LogP contribution in [0.1, 0.15) is 29.2 Å². The molecule has 0 saturated heterocycles. The lowest BCUT2D eigenvalue weighted by molar-refractivity contribution is -0.150. The van der Waals surface area contributed by atoms with Gasteiger partial charge < -0.3 is 9.84 Å². The van der Waals surface area contributed by atoms with E-state index in [0.29, 0.717) is 6.61 Å². The molecule has 0 aromatic carbocycles. The molecule has 1 atom stereocenters. The van der Waals surface area contributed by atoms with Gasteiger partial charge in [0, 0.05) is 16.4 Å². The Bertz CT molecular complexity index is 306. The Morgan fingerprint density at radius 2 is 2.36 bits per heavy atom. The van der Waals surface area contributed by atoms with Crippen LogP contribution in [-0.2, 0) is 9.53 Å². The van der Waals surface area contributed by atoms with Gasteiger partial charge in [0.05, 0.1) is 0 Å². The van der Waals surface area contributed by atoms with E-state index in [2.05, 4.69) is 0 Å². The number of carboxylic acids is 1. The van der Waals surface area contributed by atoms with Crippen molar-refractivity contribution in [2.24, 2.45) is 0 Å². The van der Waals surface area contributed by atoms with E-state index in [1.54, 1.807) is 0 Å². The number of carbonyl (C=O) groups is 1. The Morgan fingerprint density at radius 3 is 2.79 bits per heavy atom. The number of rotatable bonds is 5. The highest BCUT2D eigenvalue weighted by Crippen LogP contribution is 2.25. The van der Waals surface area contributed by atoms with Crippen LogP contribution >= 0.6 is 11.3 Å². The summed E-state index contributed by atoms with van der Waals surface area (Å²) in [4.78, 5) is 12.8. The second-order valence-corrected chi connectivity index (χ2v) is 4.36. The van der Waals surface area contributed by atoms with Gasteiger partial charge in [-0.3, -0.25) is 0 Å². The summed E-state index contributed by atoms with van der Waals surface area (Å²) < 4.78 is 5.26. The van der Waals surface area contributed by atoms with Gasteiger partial charge in [-0.2, -0.15) is 0 Å². The van der Waals surface area contributed by atoms with Crippen LogP contribution < -0.4 is 0 Å². The third kappa shape index (κ3) is 2.82. The molecule has 4 heteroatoms. The van der Waals surface area contributed by atoms with E-state index in [9.17, 15) is 4.79 Å². The molecule has 0 fully saturated rings. The molecule has 1 heterocycles. The van der Waals surface area contributed by atoms with E-state index >= 15 is 0 Å². The Morgan fingerprint density at radius 1 is 1.64 bits per heavy atom. The van der Waals surface area contributed by atoms with Crippen molar-refractivity contribution in [1.29, 1.82) is 0 Å². The van der Waals surface area contributed by atoms with Crippen LogP contribution in [0.25, 0.3) is 0 Å². The van der Waals surface area contributed by atoms with Crippen LogP contribution in [0.2, 0.25) is 0 Å². The second kappa shape index (κ2) is 5.12. The third-order valence-electron chi connectivity index (χ3n) is 1.73. The average Bonchev–Trinajstić information content (AvgIpc) is 2.52. The summed E-state index contributed by atoms with van der Waals surface area (Å²) >= 11 is 1.47. The van der Waals surface area contributed by atoms with Gasteiger partial charge in [0.25, 0.3) is 0 Å². The summed E-state index contributed by atoms with van der Waals surface area (Å²) in [5.41, 5.74) is 0. The van der Waals surface area contributed by atoms with Crippen molar-refractivity contribution in [3.63, 3.8) is 0 Å². The second-order valence-electron chi connectivity index (χ2n) is 3.04. The number of ether oxygens (including phenoxy) is 1. The van der Waals surface area contributed by atoms with E-state index in [1.165, 1.54) is 11.3 Å². The minimum Gasteiger partial charge on any atom is -0.479 e. The molecule has 0 aliphatic heterocycles. The molecule has 0 spiro atoms. The fourth-order valence-electron chi connectivity index (χ4n) is 1.11. The summed E-state index contributed by atoms with van der Waals surface area (Å²) in [7, 11) is 0. The van der Waals surface area contributed by atoms with Gasteiger partial charge in [0.15, 0.2) is 6.10 Å². The summed E-state index contributed by atoms with van der Waals surface area (Å²) in [5.74, 6) is -0.916. The maximum absolute atomic E-state index is 10.9. The number of aliphatic carboxylic acids is 1. The van der Waals surface area contributed by atoms with Gasteiger partial charge in [0.2, 0.25) is 0 Å². The molecule has 1 unspecified atom stereocenters. The number of carboxylic acid groups (broad SMARTS) is 1. The number of hydrogen-bond acceptors (Lipinski definition) is 3. The summed E-state index contributed by atoms with van der Waals surface area (Å²) in [6.45, 7) is 4.39. The zero-order valence-corrected chi connectivity index (χ0v) is 9.13. The molecule has 1 rings (SSSR count). The molecule has 0 aliphatic rings. The van der Waals surface area contributed by atoms with E-state index in [1.807, 2.05) is 26.0 Å². The maximum Gasteiger partial charge on any atom is 0.338 e. The summed E-state index contributed by atoms with van der Waals surface area (Å²) in [5, 5.41) is 8.94. The van der Waals surface area contributed by atoms with Crippen molar-refractivity contribution in [2.75, 3.05) is 6.61 Å². The molecular weight excluding hydrogens is 200 g/mol. The van der Waals surface area contributed by atoms with E-state index < -0.39 is 12.1 Å². The normalized spacial score (nSPS) is 12.7. The quantitative estimate of drug-likeness (QED) is 0.819. The zero-order valence-electron chi connectivity index (χ0n) is 8.32. The lowest BCUT2D eigenvalue weighted by Gasteiger charge is -2.10. The van der Waals surface area contributed by atoms with E-state index in [-0.39, 0.29) is 0 Å². The highest BCUT2D eigenvalue weighted by molar-refractivity contribution is 7.12. The van der Waals surface area contributed by atoms with Gasteiger partial charge in [-0.1, -0.05) is 6.92 Å². The highest BCUT2D eigenvalue weighted by atomic mass is 32.1. The smallest absolute Gasteiger partial charge is 0.338 e. The summed E-state index contributed by atoms with van der Waals surface area (Å²) in [6.07, 6.45) is 0.0300. The van der Waals surface area contributed by atoms with Gasteiger partial charge >= 0.3 is 5.97 Å². The molecule has 0 bridgehead atoms. The fraction of sp³-hybridized carbons (Fsp3) is 0.500. The van der Waals surface area contributed by atoms with Crippen molar-refractivity contribution in [2.45, 2.75) is 26.4 Å². The first kappa shape index (κ1) is 11.2. The molecule has 0 aliphatic carbocycles. The van der Waals surface area contributed by atoms with Crippen LogP contribution in [0.5, 0.6) is 0 Å². The average molecular weight is 214 g/mol. The molecule has 1 N–H and O–H groups in total. The first-order valence-electron chi connectivity index (χ1n) is 4.56.